The molecular formula is C19H28N2O5. The van der Waals surface area contributed by atoms with Crippen molar-refractivity contribution in [1.82, 2.24) is 10.2 Å². The molecule has 1 aliphatic carbocycles. The van der Waals surface area contributed by atoms with Crippen molar-refractivity contribution in [2.75, 3.05) is 0 Å². The predicted molar refractivity (Wildman–Crippen MR) is 94.6 cm³/mol. The molecule has 0 spiro atoms. The van der Waals surface area contributed by atoms with E-state index in [9.17, 15) is 19.5 Å². The number of likely N-dealkylation sites (tertiary alicyclic amines) is 1. The van der Waals surface area contributed by atoms with Crippen LogP contribution in [0.15, 0.2) is 0 Å². The Morgan fingerprint density at radius 1 is 1.27 bits per heavy atom. The van der Waals surface area contributed by atoms with Crippen LogP contribution in [0.1, 0.15) is 58.8 Å². The number of amides is 1. The average molecular weight is 364 g/mol. The van der Waals surface area contributed by atoms with Crippen LogP contribution in [0, 0.1) is 17.9 Å². The number of ketones is 1. The van der Waals surface area contributed by atoms with E-state index in [1.807, 2.05) is 6.92 Å². The Kier molecular flexibility index (Phi) is 7.04. The van der Waals surface area contributed by atoms with Gasteiger partial charge in [0.25, 0.3) is 0 Å². The molecule has 0 aromatic carbocycles. The lowest BCUT2D eigenvalue weighted by Crippen LogP contribution is -2.55. The summed E-state index contributed by atoms with van der Waals surface area (Å²) >= 11 is 0. The third-order valence-corrected chi connectivity index (χ3v) is 5.52. The minimum absolute atomic E-state index is 0.0286. The van der Waals surface area contributed by atoms with E-state index in [0.717, 1.165) is 25.7 Å². The maximum atomic E-state index is 13.0. The van der Waals surface area contributed by atoms with Gasteiger partial charge in [0, 0.05) is 12.0 Å². The zero-order valence-electron chi connectivity index (χ0n) is 15.4. The molecule has 5 atom stereocenters. The van der Waals surface area contributed by atoms with E-state index in [1.54, 1.807) is 13.0 Å². The Labute approximate surface area is 154 Å². The molecule has 2 aliphatic rings. The molecule has 3 N–H and O–H groups in total. The van der Waals surface area contributed by atoms with E-state index >= 15 is 0 Å². The molecule has 1 heterocycles. The normalized spacial score (nSPS) is 27.0. The smallest absolute Gasteiger partial charge is 0.326 e. The zero-order valence-corrected chi connectivity index (χ0v) is 15.4. The summed E-state index contributed by atoms with van der Waals surface area (Å²) in [5.41, 5.74) is 0. The molecule has 1 saturated carbocycles. The third-order valence-electron chi connectivity index (χ3n) is 5.52. The molecule has 1 amide bonds. The number of fused-ring (bicyclic) bond motifs is 1. The first-order valence-corrected chi connectivity index (χ1v) is 9.40. The number of carboxylic acid groups (broad SMARTS) is 1. The average Bonchev–Trinajstić information content (AvgIpc) is 3.00. The number of carbonyl (C=O) groups excluding carboxylic acids is 2. The van der Waals surface area contributed by atoms with Gasteiger partial charge in [0.05, 0.1) is 12.1 Å². The van der Waals surface area contributed by atoms with Crippen molar-refractivity contribution in [1.29, 1.82) is 0 Å². The fourth-order valence-corrected chi connectivity index (χ4v) is 4.32. The van der Waals surface area contributed by atoms with Gasteiger partial charge in [0.2, 0.25) is 11.7 Å². The summed E-state index contributed by atoms with van der Waals surface area (Å²) in [6, 6.07) is -2.18. The highest BCUT2D eigenvalue weighted by Crippen LogP contribution is 2.40. The van der Waals surface area contributed by atoms with Crippen molar-refractivity contribution in [2.45, 2.75) is 83.0 Å². The number of hydrogen-bond donors (Lipinski definition) is 3. The van der Waals surface area contributed by atoms with Gasteiger partial charge < -0.3 is 15.1 Å². The van der Waals surface area contributed by atoms with Crippen molar-refractivity contribution in [3.8, 4) is 12.0 Å². The van der Waals surface area contributed by atoms with E-state index in [2.05, 4.69) is 11.2 Å². The zero-order chi connectivity index (χ0) is 19.3. The van der Waals surface area contributed by atoms with Gasteiger partial charge in [0.1, 0.15) is 12.1 Å². The monoisotopic (exact) mass is 364 g/mol. The molecule has 0 bridgehead atoms. The number of Topliss-reactive ketones (excluding diaryl/α,β-unsaturated/α-hetero) is 1. The quantitative estimate of drug-likeness (QED) is 0.588. The lowest BCUT2D eigenvalue weighted by molar-refractivity contribution is -0.150. The summed E-state index contributed by atoms with van der Waals surface area (Å²) in [5.74, 6) is 0.629. The second kappa shape index (κ2) is 9.04. The molecule has 0 radical (unpaired) electrons. The van der Waals surface area contributed by atoms with E-state index in [0.29, 0.717) is 19.3 Å². The molecule has 0 aromatic heterocycles. The van der Waals surface area contributed by atoms with Gasteiger partial charge in [-0.05, 0) is 38.5 Å². The van der Waals surface area contributed by atoms with Crippen LogP contribution in [0.3, 0.4) is 0 Å². The maximum absolute atomic E-state index is 13.0. The summed E-state index contributed by atoms with van der Waals surface area (Å²) in [6.45, 7) is 3.56. The van der Waals surface area contributed by atoms with E-state index in [1.165, 1.54) is 4.90 Å². The largest absolute Gasteiger partial charge is 0.480 e. The predicted octanol–water partition coefficient (Wildman–Crippen LogP) is 1.28. The van der Waals surface area contributed by atoms with Crippen LogP contribution in [-0.4, -0.2) is 56.9 Å². The Morgan fingerprint density at radius 3 is 2.58 bits per heavy atom. The van der Waals surface area contributed by atoms with Gasteiger partial charge in [-0.15, -0.1) is 0 Å². The highest BCUT2D eigenvalue weighted by molar-refractivity contribution is 6.00. The second-order valence-corrected chi connectivity index (χ2v) is 7.28. The summed E-state index contributed by atoms with van der Waals surface area (Å²) in [5, 5.41) is 21.2. The Balaban J connectivity index is 2.14. The number of aliphatic hydroxyl groups excluding tert-OH is 1. The molecule has 0 aromatic rings. The number of nitrogens with zero attached hydrogens (tertiary/aromatic N) is 1. The van der Waals surface area contributed by atoms with Crippen LogP contribution >= 0.6 is 0 Å². The molecule has 26 heavy (non-hydrogen) atoms. The topological polar surface area (TPSA) is 107 Å². The van der Waals surface area contributed by atoms with E-state index in [-0.39, 0.29) is 17.9 Å². The number of nitrogens with one attached hydrogen (secondary N) is 1. The van der Waals surface area contributed by atoms with Crippen molar-refractivity contribution in [2.24, 2.45) is 5.92 Å². The maximum Gasteiger partial charge on any atom is 0.326 e. The van der Waals surface area contributed by atoms with E-state index < -0.39 is 29.9 Å². The summed E-state index contributed by atoms with van der Waals surface area (Å²) in [7, 11) is 0. The fraction of sp³-hybridized carbons (Fsp3) is 0.737. The van der Waals surface area contributed by atoms with Crippen LogP contribution in [0.2, 0.25) is 0 Å². The Hall–Kier alpha value is -2.07. The van der Waals surface area contributed by atoms with Crippen molar-refractivity contribution < 1.29 is 24.6 Å². The van der Waals surface area contributed by atoms with Gasteiger partial charge in [-0.25, -0.2) is 4.79 Å². The fourth-order valence-electron chi connectivity index (χ4n) is 4.32. The number of carboxylic acids is 1. The minimum Gasteiger partial charge on any atom is -0.480 e. The first-order valence-electron chi connectivity index (χ1n) is 9.40. The number of carbonyl (C=O) groups is 3. The van der Waals surface area contributed by atoms with E-state index in [4.69, 9.17) is 5.11 Å². The molecule has 2 fully saturated rings. The van der Waals surface area contributed by atoms with Crippen molar-refractivity contribution in [3.63, 3.8) is 0 Å². The lowest BCUT2D eigenvalue weighted by Gasteiger charge is -2.35. The number of hydrogen-bond acceptors (Lipinski definition) is 5. The molecule has 1 saturated heterocycles. The number of rotatable bonds is 7. The highest BCUT2D eigenvalue weighted by Gasteiger charge is 2.48. The van der Waals surface area contributed by atoms with Crippen LogP contribution in [0.4, 0.5) is 0 Å². The molecule has 7 heteroatoms. The van der Waals surface area contributed by atoms with Gasteiger partial charge in [-0.1, -0.05) is 26.2 Å². The molecular weight excluding hydrogens is 336 g/mol. The van der Waals surface area contributed by atoms with Gasteiger partial charge in [0.15, 0.2) is 0 Å². The summed E-state index contributed by atoms with van der Waals surface area (Å²) < 4.78 is 0. The second-order valence-electron chi connectivity index (χ2n) is 7.28. The highest BCUT2D eigenvalue weighted by atomic mass is 16.4. The van der Waals surface area contributed by atoms with Crippen molar-refractivity contribution >= 4 is 17.7 Å². The van der Waals surface area contributed by atoms with Crippen molar-refractivity contribution in [3.05, 3.63) is 0 Å². The Bertz CT molecular complexity index is 609. The molecule has 0 unspecified atom stereocenters. The molecule has 1 aliphatic heterocycles. The van der Waals surface area contributed by atoms with Crippen LogP contribution in [0.5, 0.6) is 0 Å². The molecule has 144 valence electrons. The van der Waals surface area contributed by atoms with Crippen LogP contribution in [0.25, 0.3) is 0 Å². The molecule has 2 rings (SSSR count). The number of aliphatic hydroxyl groups is 1. The number of aliphatic carboxylic acids is 1. The van der Waals surface area contributed by atoms with Crippen LogP contribution in [-0.2, 0) is 14.4 Å². The SMILES string of the molecule is CCC[C@H](N[C@@H](C)C(=O)N1[C@H](C(=O)O)C[C@@H]2CCCC[C@@H]21)C(=O)C#CO. The first-order chi connectivity index (χ1) is 12.4. The first kappa shape index (κ1) is 20.2. The summed E-state index contributed by atoms with van der Waals surface area (Å²) in [4.78, 5) is 38.3. The summed E-state index contributed by atoms with van der Waals surface area (Å²) in [6.07, 6.45) is 7.19. The lowest BCUT2D eigenvalue weighted by atomic mass is 9.84. The third kappa shape index (κ3) is 4.36. The van der Waals surface area contributed by atoms with Gasteiger partial charge >= 0.3 is 5.97 Å². The standard InChI is InChI=1S/C19H28N2O5/c1-3-6-14(17(23)9-10-22)20-12(2)18(24)21-15-8-5-4-7-13(15)11-16(21)19(25)26/h12-16,20,22H,3-8,11H2,1-2H3,(H,25,26)/t12-,13-,14-,15-,16-/m0/s1. The van der Waals surface area contributed by atoms with Gasteiger partial charge in [-0.2, -0.15) is 0 Å². The van der Waals surface area contributed by atoms with Crippen LogP contribution < -0.4 is 5.32 Å². The minimum atomic E-state index is -0.965. The molecule has 7 nitrogen and oxygen atoms in total. The Morgan fingerprint density at radius 2 is 1.96 bits per heavy atom. The van der Waals surface area contributed by atoms with Gasteiger partial charge in [-0.3, -0.25) is 14.9 Å².